The molecule has 18 heavy (non-hydrogen) atoms. The van der Waals surface area contributed by atoms with Gasteiger partial charge in [0, 0.05) is 30.7 Å². The highest BCUT2D eigenvalue weighted by Gasteiger charge is 2.14. The first-order valence-corrected chi connectivity index (χ1v) is 7.35. The largest absolute Gasteiger partial charge is 0.298 e. The van der Waals surface area contributed by atoms with Crippen molar-refractivity contribution in [2.45, 2.75) is 13.0 Å². The van der Waals surface area contributed by atoms with Gasteiger partial charge in [-0.05, 0) is 25.1 Å². The van der Waals surface area contributed by atoms with Crippen LogP contribution in [0.4, 0.5) is 0 Å². The number of rotatable bonds is 4. The Labute approximate surface area is 118 Å². The second-order valence-corrected chi connectivity index (χ2v) is 6.03. The zero-order valence-corrected chi connectivity index (χ0v) is 12.4. The van der Waals surface area contributed by atoms with E-state index in [9.17, 15) is 0 Å². The third-order valence-corrected chi connectivity index (χ3v) is 3.58. The van der Waals surface area contributed by atoms with E-state index in [1.54, 1.807) is 0 Å². The first-order valence-electron chi connectivity index (χ1n) is 6.56. The summed E-state index contributed by atoms with van der Waals surface area (Å²) in [6, 6.07) is 10.7. The summed E-state index contributed by atoms with van der Waals surface area (Å²) in [5.41, 5.74) is 1.41. The van der Waals surface area contributed by atoms with Gasteiger partial charge in [-0.1, -0.05) is 52.8 Å². The van der Waals surface area contributed by atoms with Crippen molar-refractivity contribution < 1.29 is 0 Å². The standard InChI is InChI=1S/C15H21BrN2/c1-14(16)12-17-8-5-9-18(11-10-17)13-15-6-3-2-4-7-15/h2-4,6-7H,1,5,8-13H2. The molecule has 3 heteroatoms. The molecule has 0 saturated carbocycles. The van der Waals surface area contributed by atoms with Gasteiger partial charge in [0.1, 0.15) is 0 Å². The molecule has 1 aromatic rings. The fourth-order valence-electron chi connectivity index (χ4n) is 2.42. The summed E-state index contributed by atoms with van der Waals surface area (Å²) in [6.07, 6.45) is 1.24. The number of benzene rings is 1. The SMILES string of the molecule is C=C(Br)CN1CCCN(Cc2ccccc2)CC1. The van der Waals surface area contributed by atoms with Gasteiger partial charge >= 0.3 is 0 Å². The molecule has 0 aliphatic carbocycles. The molecule has 1 aliphatic heterocycles. The van der Waals surface area contributed by atoms with Crippen LogP contribution in [0.5, 0.6) is 0 Å². The summed E-state index contributed by atoms with van der Waals surface area (Å²) in [7, 11) is 0. The molecule has 1 aliphatic rings. The van der Waals surface area contributed by atoms with Crippen molar-refractivity contribution in [2.24, 2.45) is 0 Å². The Hall–Kier alpha value is -0.640. The zero-order chi connectivity index (χ0) is 12.8. The number of halogens is 1. The molecule has 0 unspecified atom stereocenters. The lowest BCUT2D eigenvalue weighted by Crippen LogP contribution is -2.31. The van der Waals surface area contributed by atoms with Gasteiger partial charge in [-0.25, -0.2) is 0 Å². The van der Waals surface area contributed by atoms with E-state index >= 15 is 0 Å². The lowest BCUT2D eigenvalue weighted by Gasteiger charge is -2.21. The third-order valence-electron chi connectivity index (χ3n) is 3.33. The van der Waals surface area contributed by atoms with Crippen LogP contribution in [-0.4, -0.2) is 42.5 Å². The van der Waals surface area contributed by atoms with Gasteiger partial charge in [0.05, 0.1) is 0 Å². The van der Waals surface area contributed by atoms with E-state index in [1.807, 2.05) is 0 Å². The molecule has 98 valence electrons. The van der Waals surface area contributed by atoms with Crippen LogP contribution >= 0.6 is 15.9 Å². The van der Waals surface area contributed by atoms with Crippen molar-refractivity contribution in [3.63, 3.8) is 0 Å². The molecule has 0 bridgehead atoms. The Kier molecular flexibility index (Phi) is 5.42. The lowest BCUT2D eigenvalue weighted by atomic mass is 10.2. The zero-order valence-electron chi connectivity index (χ0n) is 10.8. The molecular formula is C15H21BrN2. The van der Waals surface area contributed by atoms with E-state index < -0.39 is 0 Å². The van der Waals surface area contributed by atoms with Crippen molar-refractivity contribution >= 4 is 15.9 Å². The van der Waals surface area contributed by atoms with Gasteiger partial charge in [-0.15, -0.1) is 0 Å². The second kappa shape index (κ2) is 7.07. The molecular weight excluding hydrogens is 288 g/mol. The summed E-state index contributed by atoms with van der Waals surface area (Å²) < 4.78 is 1.08. The first kappa shape index (κ1) is 13.8. The van der Waals surface area contributed by atoms with Crippen LogP contribution in [0.1, 0.15) is 12.0 Å². The normalized spacial score (nSPS) is 18.5. The monoisotopic (exact) mass is 308 g/mol. The lowest BCUT2D eigenvalue weighted by molar-refractivity contribution is 0.262. The van der Waals surface area contributed by atoms with Crippen LogP contribution in [0.3, 0.4) is 0 Å². The minimum atomic E-state index is 0.971. The quantitative estimate of drug-likeness (QED) is 0.843. The van der Waals surface area contributed by atoms with Gasteiger partial charge in [-0.2, -0.15) is 0 Å². The molecule has 0 radical (unpaired) electrons. The molecule has 1 heterocycles. The summed E-state index contributed by atoms with van der Waals surface area (Å²) >= 11 is 3.45. The average Bonchev–Trinajstić information content (AvgIpc) is 2.56. The van der Waals surface area contributed by atoms with Crippen molar-refractivity contribution in [3.8, 4) is 0 Å². The third kappa shape index (κ3) is 4.56. The number of hydrogen-bond acceptors (Lipinski definition) is 2. The molecule has 0 N–H and O–H groups in total. The van der Waals surface area contributed by atoms with Crippen LogP contribution < -0.4 is 0 Å². The van der Waals surface area contributed by atoms with Gasteiger partial charge in [0.15, 0.2) is 0 Å². The minimum Gasteiger partial charge on any atom is -0.298 e. The molecule has 1 fully saturated rings. The Morgan fingerprint density at radius 2 is 1.72 bits per heavy atom. The maximum absolute atomic E-state index is 3.93. The van der Waals surface area contributed by atoms with E-state index in [2.05, 4.69) is 62.6 Å². The highest BCUT2D eigenvalue weighted by molar-refractivity contribution is 9.11. The fraction of sp³-hybridized carbons (Fsp3) is 0.467. The van der Waals surface area contributed by atoms with Crippen LogP contribution in [0.25, 0.3) is 0 Å². The minimum absolute atomic E-state index is 0.971. The molecule has 2 rings (SSSR count). The van der Waals surface area contributed by atoms with E-state index in [0.717, 1.165) is 30.7 Å². The highest BCUT2D eigenvalue weighted by Crippen LogP contribution is 2.11. The van der Waals surface area contributed by atoms with Gasteiger partial charge in [-0.3, -0.25) is 9.80 Å². The van der Waals surface area contributed by atoms with Gasteiger partial charge < -0.3 is 0 Å². The summed E-state index contributed by atoms with van der Waals surface area (Å²) in [6.45, 7) is 10.6. The van der Waals surface area contributed by atoms with Crippen molar-refractivity contribution in [3.05, 3.63) is 47.0 Å². The van der Waals surface area contributed by atoms with Crippen molar-refractivity contribution in [1.29, 1.82) is 0 Å². The Balaban J connectivity index is 1.84. The molecule has 0 spiro atoms. The first-order chi connectivity index (χ1) is 8.74. The fourth-order valence-corrected chi connectivity index (χ4v) is 2.78. The molecule has 0 amide bonds. The topological polar surface area (TPSA) is 6.48 Å². The second-order valence-electron chi connectivity index (χ2n) is 4.91. The summed E-state index contributed by atoms with van der Waals surface area (Å²) in [4.78, 5) is 5.02. The van der Waals surface area contributed by atoms with E-state index in [-0.39, 0.29) is 0 Å². The van der Waals surface area contributed by atoms with E-state index in [1.165, 1.54) is 25.1 Å². The Morgan fingerprint density at radius 3 is 2.44 bits per heavy atom. The summed E-state index contributed by atoms with van der Waals surface area (Å²) in [5, 5.41) is 0. The van der Waals surface area contributed by atoms with E-state index in [4.69, 9.17) is 0 Å². The molecule has 1 saturated heterocycles. The van der Waals surface area contributed by atoms with Gasteiger partial charge in [0.25, 0.3) is 0 Å². The van der Waals surface area contributed by atoms with Crippen LogP contribution in [0, 0.1) is 0 Å². The predicted molar refractivity (Wildman–Crippen MR) is 80.8 cm³/mol. The molecule has 0 atom stereocenters. The van der Waals surface area contributed by atoms with Gasteiger partial charge in [0.2, 0.25) is 0 Å². The smallest absolute Gasteiger partial charge is 0.0294 e. The predicted octanol–water partition coefficient (Wildman–Crippen LogP) is 3.10. The Bertz CT molecular complexity index is 377. The molecule has 1 aromatic carbocycles. The van der Waals surface area contributed by atoms with Crippen molar-refractivity contribution in [2.75, 3.05) is 32.7 Å². The maximum atomic E-state index is 3.93. The molecule has 0 aromatic heterocycles. The number of hydrogen-bond donors (Lipinski definition) is 0. The Morgan fingerprint density at radius 1 is 1.06 bits per heavy atom. The van der Waals surface area contributed by atoms with Crippen LogP contribution in [0.2, 0.25) is 0 Å². The van der Waals surface area contributed by atoms with E-state index in [0.29, 0.717) is 0 Å². The van der Waals surface area contributed by atoms with Crippen LogP contribution in [0.15, 0.2) is 41.4 Å². The summed E-state index contributed by atoms with van der Waals surface area (Å²) in [5.74, 6) is 0. The number of nitrogens with zero attached hydrogens (tertiary/aromatic N) is 2. The maximum Gasteiger partial charge on any atom is 0.0294 e. The average molecular weight is 309 g/mol. The molecule has 2 nitrogen and oxygen atoms in total. The van der Waals surface area contributed by atoms with Crippen LogP contribution in [-0.2, 0) is 6.54 Å². The highest BCUT2D eigenvalue weighted by atomic mass is 79.9. The van der Waals surface area contributed by atoms with Crippen molar-refractivity contribution in [1.82, 2.24) is 9.80 Å².